The minimum Gasteiger partial charge on any atom is -0.496 e. The molecule has 0 aliphatic carbocycles. The SMILES string of the molecule is CCN(Cc1cc(C#N)ccc1OC)CC1CCCNC1. The molecular weight excluding hydrogens is 262 g/mol. The molecule has 0 saturated carbocycles. The summed E-state index contributed by atoms with van der Waals surface area (Å²) in [6.45, 7) is 7.41. The van der Waals surface area contributed by atoms with E-state index in [0.29, 0.717) is 5.56 Å². The Labute approximate surface area is 127 Å². The third-order valence-electron chi connectivity index (χ3n) is 4.17. The van der Waals surface area contributed by atoms with Crippen LogP contribution >= 0.6 is 0 Å². The van der Waals surface area contributed by atoms with Crippen molar-refractivity contribution in [1.29, 1.82) is 5.26 Å². The molecule has 0 spiro atoms. The fraction of sp³-hybridized carbons (Fsp3) is 0.588. The largest absolute Gasteiger partial charge is 0.496 e. The van der Waals surface area contributed by atoms with Gasteiger partial charge in [0.2, 0.25) is 0 Å². The topological polar surface area (TPSA) is 48.3 Å². The second-order valence-electron chi connectivity index (χ2n) is 5.68. The molecule has 1 aliphatic heterocycles. The summed E-state index contributed by atoms with van der Waals surface area (Å²) in [5.74, 6) is 1.60. The van der Waals surface area contributed by atoms with E-state index in [1.54, 1.807) is 7.11 Å². The summed E-state index contributed by atoms with van der Waals surface area (Å²) in [4.78, 5) is 2.44. The smallest absolute Gasteiger partial charge is 0.123 e. The molecule has 114 valence electrons. The molecule has 0 aromatic heterocycles. The van der Waals surface area contributed by atoms with E-state index in [4.69, 9.17) is 10.00 Å². The Hall–Kier alpha value is -1.57. The Kier molecular flexibility index (Phi) is 6.04. The van der Waals surface area contributed by atoms with Crippen molar-refractivity contribution in [2.24, 2.45) is 5.92 Å². The van der Waals surface area contributed by atoms with Crippen LogP contribution in [0.25, 0.3) is 0 Å². The van der Waals surface area contributed by atoms with Crippen molar-refractivity contribution < 1.29 is 4.74 Å². The maximum atomic E-state index is 9.07. The predicted molar refractivity (Wildman–Crippen MR) is 84.3 cm³/mol. The summed E-state index contributed by atoms with van der Waals surface area (Å²) >= 11 is 0. The number of hydrogen-bond acceptors (Lipinski definition) is 4. The molecule has 0 bridgehead atoms. The molecule has 2 rings (SSSR count). The first-order chi connectivity index (χ1) is 10.3. The Morgan fingerprint density at radius 2 is 2.33 bits per heavy atom. The van der Waals surface area contributed by atoms with E-state index >= 15 is 0 Å². The average Bonchev–Trinajstić information content (AvgIpc) is 2.55. The van der Waals surface area contributed by atoms with E-state index in [0.717, 1.165) is 50.0 Å². The van der Waals surface area contributed by atoms with Gasteiger partial charge in [-0.1, -0.05) is 6.92 Å². The maximum Gasteiger partial charge on any atom is 0.123 e. The molecule has 1 saturated heterocycles. The highest BCUT2D eigenvalue weighted by molar-refractivity contribution is 5.42. The monoisotopic (exact) mass is 287 g/mol. The number of nitriles is 1. The molecule has 1 aromatic carbocycles. The van der Waals surface area contributed by atoms with Crippen LogP contribution in [0.2, 0.25) is 0 Å². The van der Waals surface area contributed by atoms with Crippen molar-refractivity contribution in [2.75, 3.05) is 33.3 Å². The van der Waals surface area contributed by atoms with Crippen molar-refractivity contribution in [3.05, 3.63) is 29.3 Å². The van der Waals surface area contributed by atoms with Crippen LogP contribution in [-0.2, 0) is 6.54 Å². The highest BCUT2D eigenvalue weighted by atomic mass is 16.5. The number of benzene rings is 1. The summed E-state index contributed by atoms with van der Waals surface area (Å²) in [7, 11) is 1.69. The van der Waals surface area contributed by atoms with Gasteiger partial charge in [-0.25, -0.2) is 0 Å². The predicted octanol–water partition coefficient (Wildman–Crippen LogP) is 2.39. The summed E-state index contributed by atoms with van der Waals surface area (Å²) in [5, 5.41) is 12.5. The lowest BCUT2D eigenvalue weighted by atomic mass is 9.98. The van der Waals surface area contributed by atoms with Crippen molar-refractivity contribution in [2.45, 2.75) is 26.3 Å². The van der Waals surface area contributed by atoms with Crippen molar-refractivity contribution >= 4 is 0 Å². The zero-order valence-electron chi connectivity index (χ0n) is 13.1. The van der Waals surface area contributed by atoms with Gasteiger partial charge >= 0.3 is 0 Å². The number of nitrogens with zero attached hydrogens (tertiary/aromatic N) is 2. The number of ether oxygens (including phenoxy) is 1. The van der Waals surface area contributed by atoms with E-state index < -0.39 is 0 Å². The van der Waals surface area contributed by atoms with Crippen LogP contribution in [0.5, 0.6) is 5.75 Å². The lowest BCUT2D eigenvalue weighted by Gasteiger charge is -2.29. The molecule has 4 heteroatoms. The van der Waals surface area contributed by atoms with Crippen molar-refractivity contribution in [3.63, 3.8) is 0 Å². The first-order valence-corrected chi connectivity index (χ1v) is 7.77. The molecule has 0 radical (unpaired) electrons. The summed E-state index contributed by atoms with van der Waals surface area (Å²) in [6, 6.07) is 7.85. The molecule has 1 aliphatic rings. The van der Waals surface area contributed by atoms with Gasteiger partial charge in [-0.2, -0.15) is 5.26 Å². The number of hydrogen-bond donors (Lipinski definition) is 1. The molecule has 1 aromatic rings. The summed E-state index contributed by atoms with van der Waals surface area (Å²) in [5.41, 5.74) is 1.79. The van der Waals surface area contributed by atoms with Crippen LogP contribution in [0, 0.1) is 17.2 Å². The van der Waals surface area contributed by atoms with Gasteiger partial charge in [0.1, 0.15) is 5.75 Å². The Morgan fingerprint density at radius 3 is 2.95 bits per heavy atom. The number of methoxy groups -OCH3 is 1. The zero-order valence-corrected chi connectivity index (χ0v) is 13.1. The van der Waals surface area contributed by atoms with E-state index in [2.05, 4.69) is 23.2 Å². The molecule has 0 amide bonds. The first-order valence-electron chi connectivity index (χ1n) is 7.77. The first kappa shape index (κ1) is 15.8. The number of nitrogens with one attached hydrogen (secondary N) is 1. The standard InChI is InChI=1S/C17H25N3O/c1-3-20(12-15-5-4-8-19-11-15)13-16-9-14(10-18)6-7-17(16)21-2/h6-7,9,15,19H,3-5,8,11-13H2,1-2H3. The van der Waals surface area contributed by atoms with Gasteiger partial charge < -0.3 is 10.1 Å². The number of rotatable bonds is 6. The molecular formula is C17H25N3O. The zero-order chi connectivity index (χ0) is 15.1. The Balaban J connectivity index is 2.04. The van der Waals surface area contributed by atoms with Gasteiger partial charge in [-0.3, -0.25) is 4.90 Å². The fourth-order valence-corrected chi connectivity index (χ4v) is 2.96. The lowest BCUT2D eigenvalue weighted by Crippen LogP contribution is -2.38. The summed E-state index contributed by atoms with van der Waals surface area (Å²) in [6.07, 6.45) is 2.58. The van der Waals surface area contributed by atoms with E-state index in [-0.39, 0.29) is 0 Å². The number of piperidine rings is 1. The van der Waals surface area contributed by atoms with Gasteiger partial charge in [0.25, 0.3) is 0 Å². The normalized spacial score (nSPS) is 18.5. The minimum atomic E-state index is 0.696. The second kappa shape index (κ2) is 8.02. The van der Waals surface area contributed by atoms with Crippen LogP contribution in [0.3, 0.4) is 0 Å². The van der Waals surface area contributed by atoms with E-state index in [1.807, 2.05) is 18.2 Å². The highest BCUT2D eigenvalue weighted by Gasteiger charge is 2.17. The quantitative estimate of drug-likeness (QED) is 0.873. The molecule has 1 unspecified atom stereocenters. The van der Waals surface area contributed by atoms with Gasteiger partial charge in [0.15, 0.2) is 0 Å². The molecule has 1 heterocycles. The minimum absolute atomic E-state index is 0.696. The highest BCUT2D eigenvalue weighted by Crippen LogP contribution is 2.22. The van der Waals surface area contributed by atoms with Crippen LogP contribution in [0.1, 0.15) is 30.9 Å². The molecule has 21 heavy (non-hydrogen) atoms. The molecule has 1 N–H and O–H groups in total. The molecule has 4 nitrogen and oxygen atoms in total. The average molecular weight is 287 g/mol. The van der Waals surface area contributed by atoms with Crippen LogP contribution in [0.15, 0.2) is 18.2 Å². The molecule has 1 atom stereocenters. The maximum absolute atomic E-state index is 9.07. The second-order valence-corrected chi connectivity index (χ2v) is 5.68. The Morgan fingerprint density at radius 1 is 1.48 bits per heavy atom. The van der Waals surface area contributed by atoms with Gasteiger partial charge in [-0.15, -0.1) is 0 Å². The van der Waals surface area contributed by atoms with Gasteiger partial charge in [0, 0.05) is 18.7 Å². The third kappa shape index (κ3) is 4.45. The lowest BCUT2D eigenvalue weighted by molar-refractivity contribution is 0.207. The third-order valence-corrected chi connectivity index (χ3v) is 4.17. The van der Waals surface area contributed by atoms with Crippen LogP contribution in [-0.4, -0.2) is 38.2 Å². The van der Waals surface area contributed by atoms with Crippen molar-refractivity contribution in [1.82, 2.24) is 10.2 Å². The van der Waals surface area contributed by atoms with Crippen LogP contribution in [0.4, 0.5) is 0 Å². The fourth-order valence-electron chi connectivity index (χ4n) is 2.96. The van der Waals surface area contributed by atoms with Crippen LogP contribution < -0.4 is 10.1 Å². The van der Waals surface area contributed by atoms with Gasteiger partial charge in [-0.05, 0) is 56.6 Å². The Bertz CT molecular complexity index is 489. The molecule has 1 fully saturated rings. The van der Waals surface area contributed by atoms with Crippen molar-refractivity contribution in [3.8, 4) is 11.8 Å². The summed E-state index contributed by atoms with van der Waals surface area (Å²) < 4.78 is 5.43. The van der Waals surface area contributed by atoms with E-state index in [1.165, 1.54) is 12.8 Å². The van der Waals surface area contributed by atoms with E-state index in [9.17, 15) is 0 Å². The van der Waals surface area contributed by atoms with Gasteiger partial charge in [0.05, 0.1) is 18.7 Å².